The van der Waals surface area contributed by atoms with Crippen molar-refractivity contribution in [2.24, 2.45) is 0 Å². The first-order valence-electron chi connectivity index (χ1n) is 13.2. The molecule has 0 radical (unpaired) electrons. The Hall–Kier alpha value is -3.89. The zero-order valence-corrected chi connectivity index (χ0v) is 21.5. The minimum atomic E-state index is 0.582. The van der Waals surface area contributed by atoms with Gasteiger partial charge in [0, 0.05) is 73.8 Å². The first kappa shape index (κ1) is 23.2. The molecule has 1 aromatic carbocycles. The van der Waals surface area contributed by atoms with Crippen LogP contribution >= 0.6 is 0 Å². The van der Waals surface area contributed by atoms with Crippen LogP contribution in [0, 0.1) is 0 Å². The Balaban J connectivity index is 1.15. The van der Waals surface area contributed by atoms with Gasteiger partial charge < -0.3 is 28.8 Å². The second-order valence-electron chi connectivity index (χ2n) is 10.00. The molecular weight excluding hydrogens is 482 g/mol. The van der Waals surface area contributed by atoms with Gasteiger partial charge in [0.2, 0.25) is 5.88 Å². The SMILES string of the molecule is COc1cc(Nc2nc(-c3cnc4c(c3)CCCO4)cn3ccnc23)ccc1N1CCN(C2COC2)CC1. The maximum atomic E-state index is 5.83. The Bertz CT molecular complexity index is 1460. The summed E-state index contributed by atoms with van der Waals surface area (Å²) in [5, 5.41) is 3.49. The zero-order valence-electron chi connectivity index (χ0n) is 21.5. The summed E-state index contributed by atoms with van der Waals surface area (Å²) in [6, 6.07) is 8.96. The van der Waals surface area contributed by atoms with Crippen LogP contribution in [0.5, 0.6) is 11.6 Å². The van der Waals surface area contributed by atoms with Gasteiger partial charge in [-0.25, -0.2) is 15.0 Å². The van der Waals surface area contributed by atoms with Crippen LogP contribution in [0.4, 0.5) is 17.2 Å². The quantitative estimate of drug-likeness (QED) is 0.417. The van der Waals surface area contributed by atoms with E-state index in [4.69, 9.17) is 19.2 Å². The van der Waals surface area contributed by atoms with Crippen molar-refractivity contribution in [2.45, 2.75) is 18.9 Å². The Morgan fingerprint density at radius 3 is 2.79 bits per heavy atom. The molecule has 0 bridgehead atoms. The summed E-state index contributed by atoms with van der Waals surface area (Å²) in [6.07, 6.45) is 9.49. The van der Waals surface area contributed by atoms with Gasteiger partial charge in [-0.15, -0.1) is 0 Å². The second kappa shape index (κ2) is 9.77. The van der Waals surface area contributed by atoms with E-state index in [1.165, 1.54) is 0 Å². The van der Waals surface area contributed by atoms with Gasteiger partial charge in [-0.2, -0.15) is 0 Å². The minimum absolute atomic E-state index is 0.582. The number of benzene rings is 1. The third-order valence-corrected chi connectivity index (χ3v) is 7.66. The fraction of sp³-hybridized carbons (Fsp3) is 0.393. The number of imidazole rings is 1. The molecule has 0 spiro atoms. The van der Waals surface area contributed by atoms with Crippen LogP contribution < -0.4 is 19.7 Å². The average Bonchev–Trinajstić information content (AvgIpc) is 3.41. The molecule has 2 fully saturated rings. The third-order valence-electron chi connectivity index (χ3n) is 7.66. The maximum absolute atomic E-state index is 5.83. The van der Waals surface area contributed by atoms with Crippen LogP contribution in [-0.2, 0) is 11.2 Å². The van der Waals surface area contributed by atoms with Gasteiger partial charge in [0.05, 0.1) is 44.4 Å². The number of aryl methyl sites for hydroxylation is 1. The highest BCUT2D eigenvalue weighted by Gasteiger charge is 2.29. The lowest BCUT2D eigenvalue weighted by atomic mass is 10.1. The molecule has 2 saturated heterocycles. The molecule has 196 valence electrons. The number of methoxy groups -OCH3 is 1. The summed E-state index contributed by atoms with van der Waals surface area (Å²) in [5.41, 5.74) is 5.64. The number of nitrogens with zero attached hydrogens (tertiary/aromatic N) is 6. The van der Waals surface area contributed by atoms with Crippen molar-refractivity contribution in [1.82, 2.24) is 24.3 Å². The molecule has 6 heterocycles. The second-order valence-corrected chi connectivity index (χ2v) is 10.00. The summed E-state index contributed by atoms with van der Waals surface area (Å²) in [7, 11) is 1.73. The number of hydrogen-bond donors (Lipinski definition) is 1. The summed E-state index contributed by atoms with van der Waals surface area (Å²) >= 11 is 0. The first-order chi connectivity index (χ1) is 18.7. The molecule has 3 aliphatic rings. The van der Waals surface area contributed by atoms with Crippen LogP contribution in [0.25, 0.3) is 16.9 Å². The van der Waals surface area contributed by atoms with Crippen molar-refractivity contribution >= 4 is 22.8 Å². The number of anilines is 3. The number of piperazine rings is 1. The Labute approximate surface area is 221 Å². The molecule has 0 amide bonds. The van der Waals surface area contributed by atoms with Gasteiger partial charge in [0.1, 0.15) is 5.75 Å². The van der Waals surface area contributed by atoms with E-state index >= 15 is 0 Å². The van der Waals surface area contributed by atoms with Crippen LogP contribution in [-0.4, -0.2) is 83.4 Å². The summed E-state index contributed by atoms with van der Waals surface area (Å²) in [5.74, 6) is 2.24. The van der Waals surface area contributed by atoms with Gasteiger partial charge in [-0.3, -0.25) is 4.90 Å². The standard InChI is InChI=1S/C28H31N7O3/c1-36-25-14-21(4-5-24(25)34-10-8-33(9-11-34)22-17-37-18-22)31-26-27-29-6-7-35(27)16-23(32-26)20-13-19-3-2-12-38-28(19)30-15-20/h4-7,13-16,22H,2-3,8-12,17-18H2,1H3,(H,31,32). The van der Waals surface area contributed by atoms with Crippen molar-refractivity contribution in [3.05, 3.63) is 54.6 Å². The van der Waals surface area contributed by atoms with Crippen LogP contribution in [0.1, 0.15) is 12.0 Å². The molecule has 10 heteroatoms. The summed E-state index contributed by atoms with van der Waals surface area (Å²) in [6.45, 7) is 6.46. The molecule has 10 nitrogen and oxygen atoms in total. The van der Waals surface area contributed by atoms with E-state index in [-0.39, 0.29) is 0 Å². The molecule has 7 rings (SSSR count). The molecule has 0 unspecified atom stereocenters. The lowest BCUT2D eigenvalue weighted by Gasteiger charge is -2.43. The topological polar surface area (TPSA) is 89.3 Å². The summed E-state index contributed by atoms with van der Waals surface area (Å²) < 4.78 is 18.9. The van der Waals surface area contributed by atoms with Crippen LogP contribution in [0.2, 0.25) is 0 Å². The van der Waals surface area contributed by atoms with Gasteiger partial charge in [0.25, 0.3) is 0 Å². The maximum Gasteiger partial charge on any atom is 0.216 e. The Morgan fingerprint density at radius 2 is 1.97 bits per heavy atom. The van der Waals surface area contributed by atoms with Gasteiger partial charge in [-0.05, 0) is 31.0 Å². The fourth-order valence-electron chi connectivity index (χ4n) is 5.45. The fourth-order valence-corrected chi connectivity index (χ4v) is 5.45. The number of fused-ring (bicyclic) bond motifs is 2. The van der Waals surface area contributed by atoms with Gasteiger partial charge in [0.15, 0.2) is 11.5 Å². The lowest BCUT2D eigenvalue weighted by Crippen LogP contribution is -2.56. The lowest BCUT2D eigenvalue weighted by molar-refractivity contribution is -0.0660. The zero-order chi connectivity index (χ0) is 25.5. The van der Waals surface area contributed by atoms with Crippen molar-refractivity contribution < 1.29 is 14.2 Å². The summed E-state index contributed by atoms with van der Waals surface area (Å²) in [4.78, 5) is 19.0. The molecule has 0 atom stereocenters. The Kier molecular flexibility index (Phi) is 5.98. The smallest absolute Gasteiger partial charge is 0.216 e. The van der Waals surface area contributed by atoms with Crippen LogP contribution in [0.3, 0.4) is 0 Å². The van der Waals surface area contributed by atoms with Crippen molar-refractivity contribution in [3.63, 3.8) is 0 Å². The van der Waals surface area contributed by atoms with Gasteiger partial charge >= 0.3 is 0 Å². The Morgan fingerprint density at radius 1 is 1.08 bits per heavy atom. The van der Waals surface area contributed by atoms with E-state index in [0.29, 0.717) is 11.9 Å². The first-order valence-corrected chi connectivity index (χ1v) is 13.2. The normalized spacial score (nSPS) is 18.1. The molecular formula is C28H31N7O3. The predicted octanol–water partition coefficient (Wildman–Crippen LogP) is 3.39. The number of nitrogens with one attached hydrogen (secondary N) is 1. The van der Waals surface area contributed by atoms with E-state index in [1.807, 2.05) is 29.1 Å². The highest BCUT2D eigenvalue weighted by atomic mass is 16.5. The molecule has 0 aliphatic carbocycles. The van der Waals surface area contributed by atoms with Crippen molar-refractivity contribution in [2.75, 3.05) is 63.3 Å². The largest absolute Gasteiger partial charge is 0.495 e. The monoisotopic (exact) mass is 513 g/mol. The van der Waals surface area contributed by atoms with E-state index < -0.39 is 0 Å². The van der Waals surface area contributed by atoms with E-state index in [0.717, 1.165) is 104 Å². The van der Waals surface area contributed by atoms with E-state index in [9.17, 15) is 0 Å². The molecule has 4 aromatic rings. The number of ether oxygens (including phenoxy) is 3. The van der Waals surface area contributed by atoms with E-state index in [2.05, 4.69) is 43.3 Å². The molecule has 1 N–H and O–H groups in total. The highest BCUT2D eigenvalue weighted by Crippen LogP contribution is 2.34. The minimum Gasteiger partial charge on any atom is -0.495 e. The third kappa shape index (κ3) is 4.29. The molecule has 3 aromatic heterocycles. The van der Waals surface area contributed by atoms with Crippen LogP contribution in [0.15, 0.2) is 49.1 Å². The highest BCUT2D eigenvalue weighted by molar-refractivity contribution is 5.76. The number of hydrogen-bond acceptors (Lipinski definition) is 9. The van der Waals surface area contributed by atoms with E-state index in [1.54, 1.807) is 13.3 Å². The van der Waals surface area contributed by atoms with Crippen molar-refractivity contribution in [1.29, 1.82) is 0 Å². The number of pyridine rings is 1. The number of aromatic nitrogens is 4. The average molecular weight is 514 g/mol. The molecule has 38 heavy (non-hydrogen) atoms. The van der Waals surface area contributed by atoms with Gasteiger partial charge in [-0.1, -0.05) is 0 Å². The predicted molar refractivity (Wildman–Crippen MR) is 145 cm³/mol. The van der Waals surface area contributed by atoms with Crippen molar-refractivity contribution in [3.8, 4) is 22.9 Å². The molecule has 3 aliphatic heterocycles. The molecule has 0 saturated carbocycles. The number of rotatable bonds is 6.